The summed E-state index contributed by atoms with van der Waals surface area (Å²) in [4.78, 5) is 12.3. The summed E-state index contributed by atoms with van der Waals surface area (Å²) in [6.45, 7) is 2.62. The molecule has 0 fully saturated rings. The van der Waals surface area contributed by atoms with Gasteiger partial charge >= 0.3 is 5.97 Å². The summed E-state index contributed by atoms with van der Waals surface area (Å²) in [6.07, 6.45) is 2.39. The first-order valence-corrected chi connectivity index (χ1v) is 6.28. The molecule has 0 atom stereocenters. The van der Waals surface area contributed by atoms with Gasteiger partial charge < -0.3 is 4.74 Å². The summed E-state index contributed by atoms with van der Waals surface area (Å²) < 4.78 is 6.07. The van der Waals surface area contributed by atoms with Crippen molar-refractivity contribution in [2.24, 2.45) is 0 Å². The van der Waals surface area contributed by atoms with E-state index in [1.807, 2.05) is 11.4 Å². The van der Waals surface area contributed by atoms with Crippen LogP contribution >= 0.6 is 27.3 Å². The number of hydrogen-bond donors (Lipinski definition) is 0. The topological polar surface area (TPSA) is 26.3 Å². The van der Waals surface area contributed by atoms with Crippen molar-refractivity contribution in [3.8, 4) is 0 Å². The SMILES string of the molecule is CCCCOC(=O)Cc1cc(Br)cs1. The van der Waals surface area contributed by atoms with Gasteiger partial charge in [0.2, 0.25) is 0 Å². The van der Waals surface area contributed by atoms with Crippen molar-refractivity contribution in [2.75, 3.05) is 6.61 Å². The average Bonchev–Trinajstić information content (AvgIpc) is 2.52. The second kappa shape index (κ2) is 6.19. The highest BCUT2D eigenvalue weighted by atomic mass is 79.9. The molecule has 0 aliphatic rings. The van der Waals surface area contributed by atoms with Gasteiger partial charge in [0.25, 0.3) is 0 Å². The van der Waals surface area contributed by atoms with Crippen molar-refractivity contribution < 1.29 is 9.53 Å². The first-order chi connectivity index (χ1) is 6.72. The van der Waals surface area contributed by atoms with Gasteiger partial charge in [-0.2, -0.15) is 0 Å². The van der Waals surface area contributed by atoms with Crippen molar-refractivity contribution in [1.82, 2.24) is 0 Å². The maximum atomic E-state index is 11.3. The lowest BCUT2D eigenvalue weighted by molar-refractivity contribution is -0.142. The number of carbonyl (C=O) groups is 1. The first-order valence-electron chi connectivity index (χ1n) is 4.61. The fourth-order valence-corrected chi connectivity index (χ4v) is 2.41. The highest BCUT2D eigenvalue weighted by Crippen LogP contribution is 2.20. The van der Waals surface area contributed by atoms with Gasteiger partial charge in [0, 0.05) is 14.7 Å². The lowest BCUT2D eigenvalue weighted by Gasteiger charge is -2.01. The molecule has 0 aromatic carbocycles. The molecule has 78 valence electrons. The molecular weight excluding hydrogens is 264 g/mol. The molecule has 2 nitrogen and oxygen atoms in total. The third-order valence-electron chi connectivity index (χ3n) is 1.70. The van der Waals surface area contributed by atoms with Gasteiger partial charge in [-0.3, -0.25) is 4.79 Å². The van der Waals surface area contributed by atoms with Crippen molar-refractivity contribution in [3.63, 3.8) is 0 Å². The highest BCUT2D eigenvalue weighted by Gasteiger charge is 2.06. The van der Waals surface area contributed by atoms with Crippen LogP contribution in [0.2, 0.25) is 0 Å². The number of carbonyl (C=O) groups excluding carboxylic acids is 1. The number of halogens is 1. The van der Waals surface area contributed by atoms with Crippen molar-refractivity contribution in [1.29, 1.82) is 0 Å². The van der Waals surface area contributed by atoms with Gasteiger partial charge in [0.05, 0.1) is 13.0 Å². The Morgan fingerprint density at radius 2 is 2.43 bits per heavy atom. The Labute approximate surface area is 96.4 Å². The predicted molar refractivity (Wildman–Crippen MR) is 61.6 cm³/mol. The molecule has 4 heteroatoms. The molecule has 0 aliphatic carbocycles. The number of ether oxygens (including phenoxy) is 1. The molecule has 0 unspecified atom stereocenters. The van der Waals surface area contributed by atoms with E-state index in [1.54, 1.807) is 11.3 Å². The standard InChI is InChI=1S/C10H13BrO2S/c1-2-3-4-13-10(12)6-9-5-8(11)7-14-9/h5,7H,2-4,6H2,1H3. The molecule has 1 rings (SSSR count). The Morgan fingerprint density at radius 1 is 1.64 bits per heavy atom. The van der Waals surface area contributed by atoms with Crippen molar-refractivity contribution >= 4 is 33.2 Å². The van der Waals surface area contributed by atoms with E-state index in [0.717, 1.165) is 22.2 Å². The maximum Gasteiger partial charge on any atom is 0.311 e. The largest absolute Gasteiger partial charge is 0.465 e. The van der Waals surface area contributed by atoms with Crippen LogP contribution in [0.25, 0.3) is 0 Å². The molecule has 0 N–H and O–H groups in total. The number of unbranched alkanes of at least 4 members (excludes halogenated alkanes) is 1. The zero-order chi connectivity index (χ0) is 10.4. The van der Waals surface area contributed by atoms with Gasteiger partial charge in [0.1, 0.15) is 0 Å². The normalized spacial score (nSPS) is 10.1. The van der Waals surface area contributed by atoms with Crippen molar-refractivity contribution in [2.45, 2.75) is 26.2 Å². The monoisotopic (exact) mass is 276 g/mol. The molecule has 0 spiro atoms. The highest BCUT2D eigenvalue weighted by molar-refractivity contribution is 9.10. The molecular formula is C10H13BrO2S. The molecule has 0 saturated heterocycles. The van der Waals surface area contributed by atoms with Gasteiger partial charge in [-0.25, -0.2) is 0 Å². The molecule has 0 saturated carbocycles. The minimum absolute atomic E-state index is 0.132. The molecule has 1 aromatic rings. The maximum absolute atomic E-state index is 11.3. The Kier molecular flexibility index (Phi) is 5.19. The number of rotatable bonds is 5. The second-order valence-corrected chi connectivity index (χ2v) is 4.89. The molecule has 0 radical (unpaired) electrons. The van der Waals surface area contributed by atoms with E-state index in [9.17, 15) is 4.79 Å². The van der Waals surface area contributed by atoms with Crippen LogP contribution in [0.1, 0.15) is 24.6 Å². The summed E-state index contributed by atoms with van der Waals surface area (Å²) >= 11 is 4.91. The number of hydrogen-bond acceptors (Lipinski definition) is 3. The third kappa shape index (κ3) is 4.24. The minimum Gasteiger partial charge on any atom is -0.465 e. The van der Waals surface area contributed by atoms with Crippen LogP contribution in [0, 0.1) is 0 Å². The van der Waals surface area contributed by atoms with E-state index in [4.69, 9.17) is 4.74 Å². The molecule has 1 aromatic heterocycles. The van der Waals surface area contributed by atoms with Gasteiger partial charge in [-0.05, 0) is 28.4 Å². The summed E-state index contributed by atoms with van der Waals surface area (Å²) in [7, 11) is 0. The Bertz CT molecular complexity index is 296. The van der Waals surface area contributed by atoms with Crippen LogP contribution in [-0.4, -0.2) is 12.6 Å². The van der Waals surface area contributed by atoms with E-state index >= 15 is 0 Å². The summed E-state index contributed by atoms with van der Waals surface area (Å²) in [6, 6.07) is 1.95. The lowest BCUT2D eigenvalue weighted by Crippen LogP contribution is -2.07. The molecule has 0 bridgehead atoms. The zero-order valence-electron chi connectivity index (χ0n) is 8.09. The van der Waals surface area contributed by atoms with Gasteiger partial charge in [-0.1, -0.05) is 13.3 Å². The lowest BCUT2D eigenvalue weighted by atomic mass is 10.3. The molecule has 14 heavy (non-hydrogen) atoms. The second-order valence-electron chi connectivity index (χ2n) is 2.98. The Balaban J connectivity index is 2.27. The summed E-state index contributed by atoms with van der Waals surface area (Å²) in [5.41, 5.74) is 0. The van der Waals surface area contributed by atoms with Crippen LogP contribution in [0.3, 0.4) is 0 Å². The van der Waals surface area contributed by atoms with Crippen LogP contribution in [0.4, 0.5) is 0 Å². The zero-order valence-corrected chi connectivity index (χ0v) is 10.5. The van der Waals surface area contributed by atoms with E-state index in [1.165, 1.54) is 0 Å². The Hall–Kier alpha value is -0.350. The van der Waals surface area contributed by atoms with E-state index in [-0.39, 0.29) is 5.97 Å². The number of thiophene rings is 1. The average molecular weight is 277 g/mol. The summed E-state index contributed by atoms with van der Waals surface area (Å²) in [5, 5.41) is 1.97. The van der Waals surface area contributed by atoms with Crippen molar-refractivity contribution in [3.05, 3.63) is 20.8 Å². The fourth-order valence-electron chi connectivity index (χ4n) is 0.970. The predicted octanol–water partition coefficient (Wildman–Crippen LogP) is 3.40. The third-order valence-corrected chi connectivity index (χ3v) is 3.40. The Morgan fingerprint density at radius 3 is 3.00 bits per heavy atom. The van der Waals surface area contributed by atoms with E-state index < -0.39 is 0 Å². The fraction of sp³-hybridized carbons (Fsp3) is 0.500. The summed E-state index contributed by atoms with van der Waals surface area (Å²) in [5.74, 6) is -0.132. The van der Waals surface area contributed by atoms with Gasteiger partial charge in [-0.15, -0.1) is 11.3 Å². The number of esters is 1. The quantitative estimate of drug-likeness (QED) is 0.609. The molecule has 0 aliphatic heterocycles. The van der Waals surface area contributed by atoms with Crippen LogP contribution in [0.15, 0.2) is 15.9 Å². The van der Waals surface area contributed by atoms with E-state index in [2.05, 4.69) is 22.9 Å². The van der Waals surface area contributed by atoms with Crippen LogP contribution in [0.5, 0.6) is 0 Å². The van der Waals surface area contributed by atoms with Gasteiger partial charge in [0.15, 0.2) is 0 Å². The molecule has 1 heterocycles. The van der Waals surface area contributed by atoms with E-state index in [0.29, 0.717) is 13.0 Å². The minimum atomic E-state index is -0.132. The van der Waals surface area contributed by atoms with Crippen LogP contribution < -0.4 is 0 Å². The molecule has 0 amide bonds. The van der Waals surface area contributed by atoms with Crippen LogP contribution in [-0.2, 0) is 16.0 Å². The first kappa shape index (κ1) is 11.7. The smallest absolute Gasteiger partial charge is 0.311 e.